The van der Waals surface area contributed by atoms with E-state index in [1.54, 1.807) is 0 Å². The molecule has 2 rings (SSSR count). The van der Waals surface area contributed by atoms with E-state index in [1.807, 2.05) is 34.9 Å². The number of rotatable bonds is 8. The van der Waals surface area contributed by atoms with Crippen LogP contribution in [0.15, 0.2) is 30.3 Å². The van der Waals surface area contributed by atoms with E-state index in [0.29, 0.717) is 5.28 Å². The Labute approximate surface area is 126 Å². The van der Waals surface area contributed by atoms with Gasteiger partial charge in [0.15, 0.2) is 5.82 Å². The number of halogens is 1. The quantitative estimate of drug-likeness (QED) is 0.644. The average molecular weight is 292 g/mol. The average Bonchev–Trinajstić information content (AvgIpc) is 2.85. The van der Waals surface area contributed by atoms with Gasteiger partial charge >= 0.3 is 0 Å². The lowest BCUT2D eigenvalue weighted by molar-refractivity contribution is 0.559. The first-order chi connectivity index (χ1) is 9.83. The Morgan fingerprint density at radius 2 is 1.65 bits per heavy atom. The maximum atomic E-state index is 6.15. The van der Waals surface area contributed by atoms with Gasteiger partial charge in [0.2, 0.25) is 5.28 Å². The predicted molar refractivity (Wildman–Crippen MR) is 83.8 cm³/mol. The third kappa shape index (κ3) is 4.07. The molecule has 20 heavy (non-hydrogen) atoms. The Bertz CT molecular complexity index is 508. The first kappa shape index (κ1) is 15.0. The Kier molecular flexibility index (Phi) is 6.06. The van der Waals surface area contributed by atoms with Gasteiger partial charge in [0.25, 0.3) is 0 Å². The van der Waals surface area contributed by atoms with E-state index >= 15 is 0 Å². The molecule has 4 heteroatoms. The third-order valence-electron chi connectivity index (χ3n) is 3.47. The zero-order valence-electron chi connectivity index (χ0n) is 12.1. The number of hydrogen-bond acceptors (Lipinski definition) is 2. The molecule has 1 heterocycles. The van der Waals surface area contributed by atoms with Gasteiger partial charge < -0.3 is 0 Å². The first-order valence-corrected chi connectivity index (χ1v) is 7.85. The Balaban J connectivity index is 1.93. The summed E-state index contributed by atoms with van der Waals surface area (Å²) in [4.78, 5) is 0. The molecule has 0 amide bonds. The van der Waals surface area contributed by atoms with E-state index in [4.69, 9.17) is 11.6 Å². The monoisotopic (exact) mass is 291 g/mol. The van der Waals surface area contributed by atoms with Crippen LogP contribution in [-0.4, -0.2) is 14.8 Å². The SMILES string of the molecule is CCCCCCCCn1c(Cl)nnc1-c1ccccc1. The third-order valence-corrected chi connectivity index (χ3v) is 3.75. The zero-order valence-corrected chi connectivity index (χ0v) is 12.8. The van der Waals surface area contributed by atoms with Crippen LogP contribution in [0.1, 0.15) is 45.4 Å². The highest BCUT2D eigenvalue weighted by molar-refractivity contribution is 6.28. The van der Waals surface area contributed by atoms with Crippen LogP contribution < -0.4 is 0 Å². The van der Waals surface area contributed by atoms with Crippen LogP contribution in [0.2, 0.25) is 5.28 Å². The summed E-state index contributed by atoms with van der Waals surface area (Å²) in [5, 5.41) is 8.68. The number of unbranched alkanes of at least 4 members (excludes halogenated alkanes) is 5. The van der Waals surface area contributed by atoms with Gasteiger partial charge in [0.05, 0.1) is 0 Å². The molecule has 0 aliphatic carbocycles. The van der Waals surface area contributed by atoms with Crippen LogP contribution in [0, 0.1) is 0 Å². The maximum Gasteiger partial charge on any atom is 0.225 e. The second-order valence-electron chi connectivity index (χ2n) is 5.08. The van der Waals surface area contributed by atoms with Gasteiger partial charge in [-0.15, -0.1) is 10.2 Å². The van der Waals surface area contributed by atoms with Crippen LogP contribution in [0.25, 0.3) is 11.4 Å². The molecule has 0 N–H and O–H groups in total. The largest absolute Gasteiger partial charge is 0.298 e. The van der Waals surface area contributed by atoms with Crippen molar-refractivity contribution in [1.82, 2.24) is 14.8 Å². The summed E-state index contributed by atoms with van der Waals surface area (Å²) >= 11 is 6.15. The first-order valence-electron chi connectivity index (χ1n) is 7.47. The van der Waals surface area contributed by atoms with E-state index in [-0.39, 0.29) is 0 Å². The molecular formula is C16H22ClN3. The highest BCUT2D eigenvalue weighted by Crippen LogP contribution is 2.21. The minimum Gasteiger partial charge on any atom is -0.298 e. The molecule has 0 bridgehead atoms. The highest BCUT2D eigenvalue weighted by atomic mass is 35.5. The second-order valence-corrected chi connectivity index (χ2v) is 5.42. The van der Waals surface area contributed by atoms with Gasteiger partial charge in [-0.2, -0.15) is 0 Å². The van der Waals surface area contributed by atoms with Gasteiger partial charge in [-0.25, -0.2) is 0 Å². The lowest BCUT2D eigenvalue weighted by atomic mass is 10.1. The van der Waals surface area contributed by atoms with Crippen molar-refractivity contribution < 1.29 is 0 Å². The highest BCUT2D eigenvalue weighted by Gasteiger charge is 2.11. The normalized spacial score (nSPS) is 10.9. The molecule has 1 aromatic heterocycles. The molecule has 0 radical (unpaired) electrons. The summed E-state index contributed by atoms with van der Waals surface area (Å²) in [6.45, 7) is 3.13. The van der Waals surface area contributed by atoms with Crippen LogP contribution >= 0.6 is 11.6 Å². The summed E-state index contributed by atoms with van der Waals surface area (Å²) in [5.41, 5.74) is 1.07. The molecule has 0 saturated carbocycles. The summed E-state index contributed by atoms with van der Waals surface area (Å²) < 4.78 is 2.01. The Morgan fingerprint density at radius 1 is 0.950 bits per heavy atom. The fourth-order valence-electron chi connectivity index (χ4n) is 2.33. The molecule has 2 aromatic rings. The van der Waals surface area contributed by atoms with Crippen molar-refractivity contribution in [1.29, 1.82) is 0 Å². The van der Waals surface area contributed by atoms with Crippen LogP contribution in [0.3, 0.4) is 0 Å². The van der Waals surface area contributed by atoms with Crippen molar-refractivity contribution in [3.8, 4) is 11.4 Å². The molecular weight excluding hydrogens is 270 g/mol. The number of hydrogen-bond donors (Lipinski definition) is 0. The molecule has 0 aliphatic heterocycles. The number of aromatic nitrogens is 3. The molecule has 0 fully saturated rings. The standard InChI is InChI=1S/C16H22ClN3/c1-2-3-4-5-6-10-13-20-15(18-19-16(20)17)14-11-8-7-9-12-14/h7-9,11-12H,2-6,10,13H2,1H3. The van der Waals surface area contributed by atoms with Crippen LogP contribution in [-0.2, 0) is 6.54 Å². The van der Waals surface area contributed by atoms with Crippen LogP contribution in [0.5, 0.6) is 0 Å². The van der Waals surface area contributed by atoms with Gasteiger partial charge in [-0.05, 0) is 18.0 Å². The second kappa shape index (κ2) is 8.05. The summed E-state index contributed by atoms with van der Waals surface area (Å²) in [5.74, 6) is 0.865. The molecule has 1 aromatic carbocycles. The van der Waals surface area contributed by atoms with Crippen molar-refractivity contribution in [2.75, 3.05) is 0 Å². The molecule has 0 saturated heterocycles. The van der Waals surface area contributed by atoms with Gasteiger partial charge in [0, 0.05) is 12.1 Å². The fourth-order valence-corrected chi connectivity index (χ4v) is 2.54. The topological polar surface area (TPSA) is 30.7 Å². The lowest BCUT2D eigenvalue weighted by Crippen LogP contribution is -2.01. The lowest BCUT2D eigenvalue weighted by Gasteiger charge is -2.07. The summed E-state index contributed by atoms with van der Waals surface area (Å²) in [7, 11) is 0. The van der Waals surface area contributed by atoms with E-state index in [9.17, 15) is 0 Å². The molecule has 0 spiro atoms. The van der Waals surface area contributed by atoms with E-state index < -0.39 is 0 Å². The fraction of sp³-hybridized carbons (Fsp3) is 0.500. The summed E-state index contributed by atoms with van der Waals surface area (Å²) in [6.07, 6.45) is 7.62. The van der Waals surface area contributed by atoms with Crippen molar-refractivity contribution in [2.24, 2.45) is 0 Å². The Hall–Kier alpha value is -1.35. The molecule has 0 unspecified atom stereocenters. The zero-order chi connectivity index (χ0) is 14.2. The van der Waals surface area contributed by atoms with Gasteiger partial charge in [-0.3, -0.25) is 4.57 Å². The molecule has 3 nitrogen and oxygen atoms in total. The minimum atomic E-state index is 0.484. The van der Waals surface area contributed by atoms with E-state index in [2.05, 4.69) is 17.1 Å². The maximum absolute atomic E-state index is 6.15. The number of nitrogens with zero attached hydrogens (tertiary/aromatic N) is 3. The van der Waals surface area contributed by atoms with Crippen LogP contribution in [0.4, 0.5) is 0 Å². The van der Waals surface area contributed by atoms with E-state index in [0.717, 1.165) is 24.4 Å². The molecule has 0 atom stereocenters. The van der Waals surface area contributed by atoms with Crippen molar-refractivity contribution >= 4 is 11.6 Å². The predicted octanol–water partition coefficient (Wildman–Crippen LogP) is 4.96. The van der Waals surface area contributed by atoms with Crippen molar-refractivity contribution in [2.45, 2.75) is 52.0 Å². The number of benzene rings is 1. The summed E-state index contributed by atoms with van der Waals surface area (Å²) in [6, 6.07) is 10.1. The minimum absolute atomic E-state index is 0.484. The van der Waals surface area contributed by atoms with Crippen molar-refractivity contribution in [3.05, 3.63) is 35.6 Å². The van der Waals surface area contributed by atoms with Crippen molar-refractivity contribution in [3.63, 3.8) is 0 Å². The smallest absolute Gasteiger partial charge is 0.225 e. The Morgan fingerprint density at radius 3 is 2.40 bits per heavy atom. The van der Waals surface area contributed by atoms with Gasteiger partial charge in [-0.1, -0.05) is 69.4 Å². The molecule has 0 aliphatic rings. The molecule has 108 valence electrons. The van der Waals surface area contributed by atoms with Gasteiger partial charge in [0.1, 0.15) is 0 Å². The van der Waals surface area contributed by atoms with E-state index in [1.165, 1.54) is 32.1 Å².